The van der Waals surface area contributed by atoms with Crippen molar-refractivity contribution in [1.82, 2.24) is 9.88 Å². The summed E-state index contributed by atoms with van der Waals surface area (Å²) >= 11 is 1.70. The highest BCUT2D eigenvalue weighted by atomic mass is 32.1. The van der Waals surface area contributed by atoms with Crippen molar-refractivity contribution in [2.75, 3.05) is 19.8 Å². The molecule has 1 aromatic heterocycles. The van der Waals surface area contributed by atoms with Gasteiger partial charge in [-0.2, -0.15) is 0 Å². The summed E-state index contributed by atoms with van der Waals surface area (Å²) in [6.07, 6.45) is 4.58. The molecular weight excluding hydrogens is 320 g/mol. The first kappa shape index (κ1) is 17.4. The van der Waals surface area contributed by atoms with Crippen LogP contribution in [0, 0.1) is 0 Å². The molecule has 1 aliphatic heterocycles. The molecule has 1 aliphatic rings. The maximum absolute atomic E-state index is 9.27. The van der Waals surface area contributed by atoms with Crippen LogP contribution < -0.4 is 4.74 Å². The number of aliphatic hydroxyl groups excluding tert-OH is 1. The minimum Gasteiger partial charge on any atom is -0.494 e. The summed E-state index contributed by atoms with van der Waals surface area (Å²) in [4.78, 5) is 7.30. The fourth-order valence-electron chi connectivity index (χ4n) is 3.32. The van der Waals surface area contributed by atoms with Crippen molar-refractivity contribution in [2.45, 2.75) is 45.2 Å². The predicted molar refractivity (Wildman–Crippen MR) is 98.5 cm³/mol. The molecule has 1 fully saturated rings. The van der Waals surface area contributed by atoms with Gasteiger partial charge in [0.25, 0.3) is 0 Å². The van der Waals surface area contributed by atoms with E-state index >= 15 is 0 Å². The number of aromatic nitrogens is 1. The molecule has 0 aliphatic carbocycles. The summed E-state index contributed by atoms with van der Waals surface area (Å²) in [6.45, 7) is 4.95. The largest absolute Gasteiger partial charge is 0.494 e. The molecule has 0 amide bonds. The maximum atomic E-state index is 9.27. The Bertz CT molecular complexity index is 625. The highest BCUT2D eigenvalue weighted by Gasteiger charge is 2.22. The van der Waals surface area contributed by atoms with Crippen molar-refractivity contribution >= 4 is 11.3 Å². The van der Waals surface area contributed by atoms with Gasteiger partial charge in [-0.15, -0.1) is 11.3 Å². The summed E-state index contributed by atoms with van der Waals surface area (Å²) in [5, 5.41) is 12.5. The van der Waals surface area contributed by atoms with Crippen LogP contribution >= 0.6 is 11.3 Å². The lowest BCUT2D eigenvalue weighted by Crippen LogP contribution is -2.39. The highest BCUT2D eigenvalue weighted by Crippen LogP contribution is 2.28. The molecule has 1 atom stereocenters. The first-order valence-electron chi connectivity index (χ1n) is 8.82. The molecule has 2 aromatic rings. The van der Waals surface area contributed by atoms with Gasteiger partial charge in [0.15, 0.2) is 0 Å². The third-order valence-corrected chi connectivity index (χ3v) is 5.48. The van der Waals surface area contributed by atoms with Crippen LogP contribution in [0.15, 0.2) is 29.6 Å². The third-order valence-electron chi connectivity index (χ3n) is 4.54. The van der Waals surface area contributed by atoms with Gasteiger partial charge in [0.1, 0.15) is 10.8 Å². The first-order valence-corrected chi connectivity index (χ1v) is 9.70. The molecule has 1 saturated heterocycles. The predicted octanol–water partition coefficient (Wildman–Crippen LogP) is 3.95. The van der Waals surface area contributed by atoms with E-state index in [1.54, 1.807) is 11.3 Å². The van der Waals surface area contributed by atoms with Gasteiger partial charge in [0, 0.05) is 30.1 Å². The van der Waals surface area contributed by atoms with Crippen LogP contribution in [-0.2, 0) is 6.54 Å². The van der Waals surface area contributed by atoms with E-state index in [1.807, 2.05) is 19.1 Å². The van der Waals surface area contributed by atoms with E-state index in [2.05, 4.69) is 22.4 Å². The molecule has 1 unspecified atom stereocenters. The van der Waals surface area contributed by atoms with Gasteiger partial charge in [-0.1, -0.05) is 6.42 Å². The molecular formula is C19H26N2O2S. The van der Waals surface area contributed by atoms with E-state index in [-0.39, 0.29) is 6.61 Å². The van der Waals surface area contributed by atoms with Crippen LogP contribution in [0.2, 0.25) is 0 Å². The van der Waals surface area contributed by atoms with Crippen LogP contribution in [0.25, 0.3) is 10.6 Å². The Hall–Kier alpha value is -1.43. The Morgan fingerprint density at radius 3 is 2.88 bits per heavy atom. The van der Waals surface area contributed by atoms with E-state index in [4.69, 9.17) is 9.72 Å². The Balaban J connectivity index is 1.66. The zero-order valence-corrected chi connectivity index (χ0v) is 15.1. The monoisotopic (exact) mass is 346 g/mol. The lowest BCUT2D eigenvalue weighted by Gasteiger charge is -2.35. The van der Waals surface area contributed by atoms with Crippen molar-refractivity contribution in [3.05, 3.63) is 35.3 Å². The number of benzene rings is 1. The van der Waals surface area contributed by atoms with E-state index in [1.165, 1.54) is 19.3 Å². The quantitative estimate of drug-likeness (QED) is 0.825. The molecule has 2 heterocycles. The Morgan fingerprint density at radius 1 is 1.29 bits per heavy atom. The van der Waals surface area contributed by atoms with Crippen molar-refractivity contribution in [2.24, 2.45) is 0 Å². The fraction of sp³-hybridized carbons (Fsp3) is 0.526. The molecule has 0 spiro atoms. The van der Waals surface area contributed by atoms with E-state index in [0.29, 0.717) is 12.6 Å². The number of hydrogen-bond acceptors (Lipinski definition) is 5. The molecule has 3 rings (SSSR count). The molecule has 130 valence electrons. The smallest absolute Gasteiger partial charge is 0.123 e. The van der Waals surface area contributed by atoms with Gasteiger partial charge in [0.2, 0.25) is 0 Å². The first-order chi connectivity index (χ1) is 11.8. The molecule has 0 radical (unpaired) electrons. The normalized spacial score (nSPS) is 18.7. The Labute approximate surface area is 148 Å². The van der Waals surface area contributed by atoms with Gasteiger partial charge >= 0.3 is 0 Å². The van der Waals surface area contributed by atoms with Gasteiger partial charge in [-0.05, 0) is 57.0 Å². The molecule has 4 nitrogen and oxygen atoms in total. The second kappa shape index (κ2) is 8.60. The SMILES string of the molecule is CCOc1ccc(-c2nc(CN3CCCCC3CCO)cs2)cc1. The molecule has 0 bridgehead atoms. The van der Waals surface area contributed by atoms with Crippen molar-refractivity contribution in [1.29, 1.82) is 0 Å². The zero-order chi connectivity index (χ0) is 16.8. The van der Waals surface area contributed by atoms with Gasteiger partial charge < -0.3 is 9.84 Å². The molecule has 5 heteroatoms. The molecule has 1 N–H and O–H groups in total. The Kier molecular flexibility index (Phi) is 6.24. The number of aliphatic hydroxyl groups is 1. The van der Waals surface area contributed by atoms with Crippen molar-refractivity contribution in [3.63, 3.8) is 0 Å². The lowest BCUT2D eigenvalue weighted by atomic mass is 9.99. The zero-order valence-electron chi connectivity index (χ0n) is 14.3. The van der Waals surface area contributed by atoms with Crippen molar-refractivity contribution in [3.8, 4) is 16.3 Å². The van der Waals surface area contributed by atoms with Gasteiger partial charge in [-0.25, -0.2) is 4.98 Å². The summed E-state index contributed by atoms with van der Waals surface area (Å²) in [6, 6.07) is 8.65. The lowest BCUT2D eigenvalue weighted by molar-refractivity contribution is 0.111. The number of hydrogen-bond donors (Lipinski definition) is 1. The third kappa shape index (κ3) is 4.35. The van der Waals surface area contributed by atoms with Gasteiger partial charge in [0.05, 0.1) is 12.3 Å². The standard InChI is InChI=1S/C19H26N2O2S/c1-2-23-18-8-6-15(7-9-18)19-20-16(14-24-19)13-21-11-4-3-5-17(21)10-12-22/h6-9,14,17,22H,2-5,10-13H2,1H3. The van der Waals surface area contributed by atoms with Crippen LogP contribution in [0.1, 0.15) is 38.3 Å². The average molecular weight is 346 g/mol. The maximum Gasteiger partial charge on any atom is 0.123 e. The highest BCUT2D eigenvalue weighted by molar-refractivity contribution is 7.13. The van der Waals surface area contributed by atoms with Crippen molar-refractivity contribution < 1.29 is 9.84 Å². The summed E-state index contributed by atoms with van der Waals surface area (Å²) < 4.78 is 5.49. The second-order valence-electron chi connectivity index (χ2n) is 6.23. The fourth-order valence-corrected chi connectivity index (χ4v) is 4.14. The number of ether oxygens (including phenoxy) is 1. The number of likely N-dealkylation sites (tertiary alicyclic amines) is 1. The van der Waals surface area contributed by atoms with Gasteiger partial charge in [-0.3, -0.25) is 4.90 Å². The van der Waals surface area contributed by atoms with E-state index in [0.717, 1.165) is 41.5 Å². The molecule has 24 heavy (non-hydrogen) atoms. The van der Waals surface area contributed by atoms with Crippen LogP contribution in [0.5, 0.6) is 5.75 Å². The number of rotatable bonds is 7. The van der Waals surface area contributed by atoms with Crippen LogP contribution in [0.4, 0.5) is 0 Å². The second-order valence-corrected chi connectivity index (χ2v) is 7.09. The summed E-state index contributed by atoms with van der Waals surface area (Å²) in [7, 11) is 0. The molecule has 0 saturated carbocycles. The number of thiazole rings is 1. The Morgan fingerprint density at radius 2 is 2.12 bits per heavy atom. The van der Waals surface area contributed by atoms with Crippen LogP contribution in [-0.4, -0.2) is 40.8 Å². The minimum atomic E-state index is 0.273. The molecule has 1 aromatic carbocycles. The average Bonchev–Trinajstić information content (AvgIpc) is 3.06. The summed E-state index contributed by atoms with van der Waals surface area (Å²) in [5.41, 5.74) is 2.27. The number of piperidine rings is 1. The van der Waals surface area contributed by atoms with Crippen LogP contribution in [0.3, 0.4) is 0 Å². The minimum absolute atomic E-state index is 0.273. The topological polar surface area (TPSA) is 45.6 Å². The van der Waals surface area contributed by atoms with E-state index < -0.39 is 0 Å². The van der Waals surface area contributed by atoms with E-state index in [9.17, 15) is 5.11 Å². The number of nitrogens with zero attached hydrogens (tertiary/aromatic N) is 2. The summed E-state index contributed by atoms with van der Waals surface area (Å²) in [5.74, 6) is 0.901.